The van der Waals surface area contributed by atoms with E-state index in [9.17, 15) is 4.79 Å². The van der Waals surface area contributed by atoms with Crippen molar-refractivity contribution in [1.82, 2.24) is 9.80 Å². The van der Waals surface area contributed by atoms with Crippen LogP contribution in [0.4, 0.5) is 0 Å². The van der Waals surface area contributed by atoms with Gasteiger partial charge in [-0.2, -0.15) is 0 Å². The molecule has 1 heterocycles. The highest BCUT2D eigenvalue weighted by molar-refractivity contribution is 5.94. The van der Waals surface area contributed by atoms with Gasteiger partial charge in [-0.1, -0.05) is 13.0 Å². The molecule has 0 saturated carbocycles. The van der Waals surface area contributed by atoms with Crippen LogP contribution in [0.2, 0.25) is 0 Å². The molecule has 1 atom stereocenters. The lowest BCUT2D eigenvalue weighted by atomic mass is 10.1. The monoisotopic (exact) mass is 320 g/mol. The number of hydrogen-bond donors (Lipinski definition) is 0. The van der Waals surface area contributed by atoms with Gasteiger partial charge in [-0.25, -0.2) is 0 Å². The summed E-state index contributed by atoms with van der Waals surface area (Å²) in [4.78, 5) is 17.0. The molecule has 5 nitrogen and oxygen atoms in total. The molecule has 128 valence electrons. The molecule has 1 amide bonds. The van der Waals surface area contributed by atoms with E-state index in [-0.39, 0.29) is 5.91 Å². The minimum absolute atomic E-state index is 0.0906. The average molecular weight is 320 g/mol. The second kappa shape index (κ2) is 8.31. The summed E-state index contributed by atoms with van der Waals surface area (Å²) >= 11 is 0. The van der Waals surface area contributed by atoms with Gasteiger partial charge in [-0.15, -0.1) is 0 Å². The number of amides is 1. The summed E-state index contributed by atoms with van der Waals surface area (Å²) in [5.41, 5.74) is 1.75. The first-order valence-electron chi connectivity index (χ1n) is 8.20. The van der Waals surface area contributed by atoms with Gasteiger partial charge in [-0.3, -0.25) is 9.69 Å². The van der Waals surface area contributed by atoms with Gasteiger partial charge in [0, 0.05) is 52.0 Å². The molecule has 1 aromatic rings. The molecule has 5 heteroatoms. The number of carbonyl (C=O) groups is 1. The van der Waals surface area contributed by atoms with Gasteiger partial charge in [0.15, 0.2) is 0 Å². The first-order valence-corrected chi connectivity index (χ1v) is 8.20. The van der Waals surface area contributed by atoms with Crippen molar-refractivity contribution >= 4 is 5.91 Å². The predicted molar refractivity (Wildman–Crippen MR) is 91.1 cm³/mol. The molecular weight excluding hydrogens is 292 g/mol. The molecule has 1 unspecified atom stereocenters. The van der Waals surface area contributed by atoms with Crippen LogP contribution in [0, 0.1) is 12.8 Å². The molecule has 0 spiro atoms. The molecule has 0 radical (unpaired) electrons. The van der Waals surface area contributed by atoms with Crippen molar-refractivity contribution in [3.8, 4) is 5.75 Å². The lowest BCUT2D eigenvalue weighted by molar-refractivity contribution is 0.0584. The Morgan fingerprint density at radius 2 is 1.91 bits per heavy atom. The molecule has 1 aliphatic heterocycles. The van der Waals surface area contributed by atoms with Crippen molar-refractivity contribution in [3.05, 3.63) is 29.3 Å². The van der Waals surface area contributed by atoms with Crippen LogP contribution in [-0.4, -0.2) is 69.3 Å². The third kappa shape index (κ3) is 4.69. The quantitative estimate of drug-likeness (QED) is 0.804. The van der Waals surface area contributed by atoms with Gasteiger partial charge in [-0.05, 0) is 30.5 Å². The number of methoxy groups -OCH3 is 2. The van der Waals surface area contributed by atoms with E-state index in [0.717, 1.165) is 50.6 Å². The lowest BCUT2D eigenvalue weighted by Crippen LogP contribution is -2.49. The minimum atomic E-state index is 0.0906. The van der Waals surface area contributed by atoms with Crippen LogP contribution in [0.15, 0.2) is 18.2 Å². The zero-order chi connectivity index (χ0) is 16.8. The zero-order valence-electron chi connectivity index (χ0n) is 14.7. The van der Waals surface area contributed by atoms with E-state index in [0.29, 0.717) is 11.5 Å². The first kappa shape index (κ1) is 17.8. The highest BCUT2D eigenvalue weighted by Crippen LogP contribution is 2.20. The number of piperazine rings is 1. The molecule has 0 aromatic heterocycles. The summed E-state index contributed by atoms with van der Waals surface area (Å²) in [7, 11) is 3.37. The van der Waals surface area contributed by atoms with Crippen molar-refractivity contribution in [3.63, 3.8) is 0 Å². The van der Waals surface area contributed by atoms with Crippen LogP contribution in [0.1, 0.15) is 22.8 Å². The second-order valence-electron chi connectivity index (χ2n) is 6.34. The summed E-state index contributed by atoms with van der Waals surface area (Å²) in [5, 5.41) is 0. The number of carbonyl (C=O) groups excluding carboxylic acids is 1. The number of aryl methyl sites for hydroxylation is 1. The number of nitrogens with zero attached hydrogens (tertiary/aromatic N) is 2. The Kier molecular flexibility index (Phi) is 6.42. The Morgan fingerprint density at radius 3 is 2.52 bits per heavy atom. The van der Waals surface area contributed by atoms with Crippen LogP contribution >= 0.6 is 0 Å². The van der Waals surface area contributed by atoms with Crippen molar-refractivity contribution in [2.45, 2.75) is 13.8 Å². The van der Waals surface area contributed by atoms with Gasteiger partial charge in [0.05, 0.1) is 7.11 Å². The molecule has 0 N–H and O–H groups in total. The molecule has 0 bridgehead atoms. The molecule has 1 saturated heterocycles. The lowest BCUT2D eigenvalue weighted by Gasteiger charge is -2.36. The highest BCUT2D eigenvalue weighted by atomic mass is 16.5. The topological polar surface area (TPSA) is 42.0 Å². The molecule has 23 heavy (non-hydrogen) atoms. The third-order valence-electron chi connectivity index (χ3n) is 4.34. The Balaban J connectivity index is 1.91. The molecule has 0 aliphatic carbocycles. The van der Waals surface area contributed by atoms with E-state index in [1.165, 1.54) is 0 Å². The average Bonchev–Trinajstić information content (AvgIpc) is 2.55. The fraction of sp³-hybridized carbons (Fsp3) is 0.611. The Hall–Kier alpha value is -1.59. The van der Waals surface area contributed by atoms with Gasteiger partial charge in [0.25, 0.3) is 5.91 Å². The van der Waals surface area contributed by atoms with Crippen molar-refractivity contribution in [2.24, 2.45) is 5.92 Å². The summed E-state index contributed by atoms with van der Waals surface area (Å²) in [6.07, 6.45) is 0. The van der Waals surface area contributed by atoms with Crippen LogP contribution in [-0.2, 0) is 4.74 Å². The molecule has 1 fully saturated rings. The van der Waals surface area contributed by atoms with E-state index < -0.39 is 0 Å². The van der Waals surface area contributed by atoms with Gasteiger partial charge in [0.1, 0.15) is 5.75 Å². The number of rotatable bonds is 6. The van der Waals surface area contributed by atoms with Crippen LogP contribution in [0.5, 0.6) is 5.75 Å². The van der Waals surface area contributed by atoms with Crippen LogP contribution in [0.3, 0.4) is 0 Å². The molecule has 1 aliphatic rings. The summed E-state index contributed by atoms with van der Waals surface area (Å²) in [6.45, 7) is 9.36. The SMILES string of the molecule is COCC(C)CN1CCN(C(=O)c2ccc(C)c(OC)c2)CC1. The largest absolute Gasteiger partial charge is 0.496 e. The minimum Gasteiger partial charge on any atom is -0.496 e. The van der Waals surface area contributed by atoms with Crippen molar-refractivity contribution in [2.75, 3.05) is 53.6 Å². The Labute approximate surface area is 139 Å². The van der Waals surface area contributed by atoms with Gasteiger partial charge in [0.2, 0.25) is 0 Å². The third-order valence-corrected chi connectivity index (χ3v) is 4.34. The molecule has 2 rings (SSSR count). The highest BCUT2D eigenvalue weighted by Gasteiger charge is 2.23. The standard InChI is InChI=1S/C18H28N2O3/c1-14(13-22-3)12-19-7-9-20(10-8-19)18(21)16-6-5-15(2)17(11-16)23-4/h5-6,11,14H,7-10,12-13H2,1-4H3. The fourth-order valence-electron chi connectivity index (χ4n) is 3.05. The fourth-order valence-corrected chi connectivity index (χ4v) is 3.05. The second-order valence-corrected chi connectivity index (χ2v) is 6.34. The number of benzene rings is 1. The maximum Gasteiger partial charge on any atom is 0.254 e. The zero-order valence-corrected chi connectivity index (χ0v) is 14.7. The normalized spacial score (nSPS) is 17.1. The smallest absolute Gasteiger partial charge is 0.254 e. The van der Waals surface area contributed by atoms with E-state index in [1.54, 1.807) is 14.2 Å². The molecule has 1 aromatic carbocycles. The van der Waals surface area contributed by atoms with E-state index >= 15 is 0 Å². The summed E-state index contributed by atoms with van der Waals surface area (Å²) in [5.74, 6) is 1.37. The summed E-state index contributed by atoms with van der Waals surface area (Å²) < 4.78 is 10.5. The molecular formula is C18H28N2O3. The van der Waals surface area contributed by atoms with E-state index in [2.05, 4.69) is 11.8 Å². The summed E-state index contributed by atoms with van der Waals surface area (Å²) in [6, 6.07) is 5.66. The number of hydrogen-bond acceptors (Lipinski definition) is 4. The van der Waals surface area contributed by atoms with Crippen molar-refractivity contribution in [1.29, 1.82) is 0 Å². The van der Waals surface area contributed by atoms with Crippen LogP contribution in [0.25, 0.3) is 0 Å². The van der Waals surface area contributed by atoms with E-state index in [4.69, 9.17) is 9.47 Å². The Morgan fingerprint density at radius 1 is 1.22 bits per heavy atom. The maximum atomic E-state index is 12.6. The first-order chi connectivity index (χ1) is 11.0. The predicted octanol–water partition coefficient (Wildman–Crippen LogP) is 2.04. The van der Waals surface area contributed by atoms with E-state index in [1.807, 2.05) is 30.0 Å². The Bertz CT molecular complexity index is 525. The van der Waals surface area contributed by atoms with Crippen LogP contribution < -0.4 is 4.74 Å². The number of ether oxygens (including phenoxy) is 2. The maximum absolute atomic E-state index is 12.6. The van der Waals surface area contributed by atoms with Crippen molar-refractivity contribution < 1.29 is 14.3 Å². The van der Waals surface area contributed by atoms with Gasteiger partial charge >= 0.3 is 0 Å². The van der Waals surface area contributed by atoms with Gasteiger partial charge < -0.3 is 14.4 Å².